The van der Waals surface area contributed by atoms with Crippen molar-refractivity contribution in [2.45, 2.75) is 27.7 Å². The van der Waals surface area contributed by atoms with Gasteiger partial charge in [0.05, 0.1) is 6.61 Å². The molecule has 0 saturated heterocycles. The molecule has 0 aliphatic carbocycles. The SMILES string of the molecule is C/C=C/C=C/C(=O)O.CC(=O)O.CCOC(C)=O. The van der Waals surface area contributed by atoms with Gasteiger partial charge in [0, 0.05) is 19.9 Å². The normalized spacial score (nSPS) is 8.89. The van der Waals surface area contributed by atoms with Crippen molar-refractivity contribution in [3.05, 3.63) is 24.3 Å². The molecule has 0 unspecified atom stereocenters. The van der Waals surface area contributed by atoms with E-state index in [1.807, 2.05) is 6.92 Å². The summed E-state index contributed by atoms with van der Waals surface area (Å²) in [6, 6.07) is 0. The zero-order chi connectivity index (χ0) is 15.0. The molecule has 0 fully saturated rings. The van der Waals surface area contributed by atoms with Gasteiger partial charge in [-0.15, -0.1) is 0 Å². The molecule has 0 aromatic rings. The second-order valence-corrected chi connectivity index (χ2v) is 2.67. The molecule has 0 spiro atoms. The largest absolute Gasteiger partial charge is 0.481 e. The van der Waals surface area contributed by atoms with Crippen LogP contribution >= 0.6 is 0 Å². The van der Waals surface area contributed by atoms with E-state index in [9.17, 15) is 9.59 Å². The first-order valence-electron chi connectivity index (χ1n) is 5.13. The van der Waals surface area contributed by atoms with Crippen LogP contribution in [-0.4, -0.2) is 34.7 Å². The van der Waals surface area contributed by atoms with E-state index in [2.05, 4.69) is 4.74 Å². The quantitative estimate of drug-likeness (QED) is 0.456. The third-order valence-electron chi connectivity index (χ3n) is 0.890. The first kappa shape index (κ1) is 21.2. The highest BCUT2D eigenvalue weighted by atomic mass is 16.5. The van der Waals surface area contributed by atoms with E-state index in [1.54, 1.807) is 19.1 Å². The highest BCUT2D eigenvalue weighted by Gasteiger charge is 1.81. The number of rotatable bonds is 3. The molecule has 0 saturated carbocycles. The minimum atomic E-state index is -0.914. The van der Waals surface area contributed by atoms with Gasteiger partial charge < -0.3 is 14.9 Å². The minimum Gasteiger partial charge on any atom is -0.481 e. The molecule has 0 bridgehead atoms. The van der Waals surface area contributed by atoms with E-state index >= 15 is 0 Å². The van der Waals surface area contributed by atoms with Gasteiger partial charge >= 0.3 is 11.9 Å². The molecular formula is C12H20O6. The third-order valence-corrected chi connectivity index (χ3v) is 0.890. The van der Waals surface area contributed by atoms with Gasteiger partial charge in [-0.25, -0.2) is 4.79 Å². The number of carbonyl (C=O) groups excluding carboxylic acids is 1. The van der Waals surface area contributed by atoms with Crippen LogP contribution in [0.4, 0.5) is 0 Å². The maximum atomic E-state index is 9.82. The van der Waals surface area contributed by atoms with Crippen LogP contribution in [0, 0.1) is 0 Å². The summed E-state index contributed by atoms with van der Waals surface area (Å²) in [6.07, 6.45) is 5.98. The summed E-state index contributed by atoms with van der Waals surface area (Å²) in [5, 5.41) is 15.4. The number of carbonyl (C=O) groups is 3. The maximum absolute atomic E-state index is 9.82. The topological polar surface area (TPSA) is 101 Å². The van der Waals surface area contributed by atoms with E-state index in [4.69, 9.17) is 15.0 Å². The zero-order valence-corrected chi connectivity index (χ0v) is 11.0. The minimum absolute atomic E-state index is 0.211. The van der Waals surface area contributed by atoms with Gasteiger partial charge in [-0.3, -0.25) is 9.59 Å². The Hall–Kier alpha value is -2.11. The molecule has 0 aromatic carbocycles. The molecule has 0 radical (unpaired) electrons. The molecule has 0 rings (SSSR count). The summed E-state index contributed by atoms with van der Waals surface area (Å²) in [7, 11) is 0. The first-order chi connectivity index (χ1) is 8.27. The van der Waals surface area contributed by atoms with Crippen LogP contribution in [0.25, 0.3) is 0 Å². The van der Waals surface area contributed by atoms with Crippen molar-refractivity contribution < 1.29 is 29.3 Å². The Balaban J connectivity index is -0.000000200. The Morgan fingerprint density at radius 2 is 1.56 bits per heavy atom. The van der Waals surface area contributed by atoms with E-state index < -0.39 is 11.9 Å². The Kier molecular flexibility index (Phi) is 20.4. The standard InChI is InChI=1S/C6H8O2.C4H8O2.C2H4O2/c1-2-3-4-5-6(7)8;1-3-6-4(2)5;1-2(3)4/h2-5H,1H3,(H,7,8);3H2,1-2H3;1H3,(H,3,4)/b3-2+,5-4+;;. The van der Waals surface area contributed by atoms with Crippen LogP contribution in [-0.2, 0) is 19.1 Å². The van der Waals surface area contributed by atoms with E-state index in [1.165, 1.54) is 13.0 Å². The molecule has 0 amide bonds. The van der Waals surface area contributed by atoms with E-state index in [0.29, 0.717) is 6.61 Å². The highest BCUT2D eigenvalue weighted by molar-refractivity contribution is 5.80. The van der Waals surface area contributed by atoms with Crippen molar-refractivity contribution in [1.29, 1.82) is 0 Å². The molecule has 18 heavy (non-hydrogen) atoms. The third kappa shape index (κ3) is 66.5. The van der Waals surface area contributed by atoms with Crippen molar-refractivity contribution in [1.82, 2.24) is 0 Å². The number of ether oxygens (including phenoxy) is 1. The lowest BCUT2D eigenvalue weighted by atomic mass is 10.4. The summed E-state index contributed by atoms with van der Waals surface area (Å²) in [6.45, 7) is 6.56. The molecule has 2 N–H and O–H groups in total. The van der Waals surface area contributed by atoms with Gasteiger partial charge in [-0.2, -0.15) is 0 Å². The monoisotopic (exact) mass is 260 g/mol. The number of aliphatic carboxylic acids is 2. The summed E-state index contributed by atoms with van der Waals surface area (Å²) in [4.78, 5) is 28.6. The second-order valence-electron chi connectivity index (χ2n) is 2.67. The molecule has 0 aliphatic heterocycles. The number of hydrogen-bond acceptors (Lipinski definition) is 4. The Bertz CT molecular complexity index is 287. The molecule has 0 atom stereocenters. The second kappa shape index (κ2) is 17.3. The van der Waals surface area contributed by atoms with Gasteiger partial charge in [-0.1, -0.05) is 18.2 Å². The fourth-order valence-electron chi connectivity index (χ4n) is 0.452. The highest BCUT2D eigenvalue weighted by Crippen LogP contribution is 1.74. The molecular weight excluding hydrogens is 240 g/mol. The van der Waals surface area contributed by atoms with Crippen LogP contribution in [0.1, 0.15) is 27.7 Å². The van der Waals surface area contributed by atoms with Crippen molar-refractivity contribution in [2.75, 3.05) is 6.61 Å². The van der Waals surface area contributed by atoms with Gasteiger partial charge in [0.2, 0.25) is 0 Å². The molecule has 0 heterocycles. The van der Waals surface area contributed by atoms with Crippen molar-refractivity contribution in [3.63, 3.8) is 0 Å². The lowest BCUT2D eigenvalue weighted by Gasteiger charge is -1.89. The fraction of sp³-hybridized carbons (Fsp3) is 0.417. The fourth-order valence-corrected chi connectivity index (χ4v) is 0.452. The summed E-state index contributed by atoms with van der Waals surface area (Å²) < 4.78 is 4.40. The lowest BCUT2D eigenvalue weighted by Crippen LogP contribution is -1.95. The smallest absolute Gasteiger partial charge is 0.328 e. The molecule has 6 heteroatoms. The van der Waals surface area contributed by atoms with Crippen LogP contribution in [0.5, 0.6) is 0 Å². The van der Waals surface area contributed by atoms with Crippen molar-refractivity contribution in [3.8, 4) is 0 Å². The van der Waals surface area contributed by atoms with E-state index in [0.717, 1.165) is 13.0 Å². The van der Waals surface area contributed by atoms with Crippen LogP contribution in [0.3, 0.4) is 0 Å². The predicted molar refractivity (Wildman–Crippen MR) is 67.2 cm³/mol. The Labute approximate surface area is 107 Å². The van der Waals surface area contributed by atoms with Crippen molar-refractivity contribution >= 4 is 17.9 Å². The zero-order valence-electron chi connectivity index (χ0n) is 11.0. The average Bonchev–Trinajstić information content (AvgIpc) is 2.17. The maximum Gasteiger partial charge on any atom is 0.328 e. The molecule has 104 valence electrons. The van der Waals surface area contributed by atoms with Gasteiger partial charge in [0.15, 0.2) is 0 Å². The number of carboxylic acid groups (broad SMARTS) is 2. The molecule has 0 aromatic heterocycles. The number of allylic oxidation sites excluding steroid dienone is 3. The van der Waals surface area contributed by atoms with E-state index in [-0.39, 0.29) is 5.97 Å². The van der Waals surface area contributed by atoms with Crippen LogP contribution < -0.4 is 0 Å². The lowest BCUT2D eigenvalue weighted by molar-refractivity contribution is -0.140. The summed E-state index contributed by atoms with van der Waals surface area (Å²) in [5.41, 5.74) is 0. The number of hydrogen-bond donors (Lipinski definition) is 2. The molecule has 0 aliphatic rings. The van der Waals surface area contributed by atoms with Crippen LogP contribution in [0.2, 0.25) is 0 Å². The van der Waals surface area contributed by atoms with Gasteiger partial charge in [0.25, 0.3) is 5.97 Å². The number of esters is 1. The van der Waals surface area contributed by atoms with Crippen LogP contribution in [0.15, 0.2) is 24.3 Å². The first-order valence-corrected chi connectivity index (χ1v) is 5.13. The summed E-state index contributed by atoms with van der Waals surface area (Å²) >= 11 is 0. The van der Waals surface area contributed by atoms with Gasteiger partial charge in [0.1, 0.15) is 0 Å². The van der Waals surface area contributed by atoms with Crippen molar-refractivity contribution in [2.24, 2.45) is 0 Å². The Morgan fingerprint density at radius 3 is 1.72 bits per heavy atom. The molecule has 6 nitrogen and oxygen atoms in total. The Morgan fingerprint density at radius 1 is 1.11 bits per heavy atom. The van der Waals surface area contributed by atoms with Gasteiger partial charge in [-0.05, 0) is 13.8 Å². The predicted octanol–water partition coefficient (Wildman–Crippen LogP) is 1.86. The summed E-state index contributed by atoms with van der Waals surface area (Å²) in [5.74, 6) is -1.96. The number of carboxylic acids is 2. The average molecular weight is 260 g/mol.